The zero-order valence-corrected chi connectivity index (χ0v) is 13.9. The normalized spacial score (nSPS) is 14.9. The fourth-order valence-corrected chi connectivity index (χ4v) is 2.41. The smallest absolute Gasteiger partial charge is 0.421 e. The van der Waals surface area contributed by atoms with E-state index in [9.17, 15) is 43.2 Å². The summed E-state index contributed by atoms with van der Waals surface area (Å²) in [5.74, 6) is 0. The van der Waals surface area contributed by atoms with Gasteiger partial charge in [0.05, 0.1) is 20.1 Å². The van der Waals surface area contributed by atoms with E-state index in [1.54, 1.807) is 0 Å². The Balaban J connectivity index is 0. The molecule has 0 aromatic carbocycles. The lowest BCUT2D eigenvalue weighted by Crippen LogP contribution is -3.09. The van der Waals surface area contributed by atoms with E-state index in [4.69, 9.17) is 0 Å². The van der Waals surface area contributed by atoms with Crippen molar-refractivity contribution in [2.24, 2.45) is 0 Å². The van der Waals surface area contributed by atoms with Crippen molar-refractivity contribution in [1.82, 2.24) is 0 Å². The molecule has 1 N–H and O–H groups in total. The van der Waals surface area contributed by atoms with Crippen LogP contribution in [0.2, 0.25) is 0 Å². The molecule has 0 amide bonds. The number of hydrogen-bond acceptors (Lipinski definition) is 4. The van der Waals surface area contributed by atoms with E-state index in [1.807, 2.05) is 6.08 Å². The molecule has 0 rings (SSSR count). The number of nitrogens with zero attached hydrogens (tertiary/aromatic N) is 1. The molecule has 23 heavy (non-hydrogen) atoms. The lowest BCUT2D eigenvalue weighted by Gasteiger charge is -2.22. The molecule has 0 bridgehead atoms. The molecule has 0 aliphatic rings. The Morgan fingerprint density at radius 1 is 1.00 bits per heavy atom. The Bertz CT molecular complexity index is 538. The summed E-state index contributed by atoms with van der Waals surface area (Å²) in [6.07, 6.45) is 3.08. The van der Waals surface area contributed by atoms with Crippen LogP contribution < -0.4 is 4.90 Å². The minimum atomic E-state index is -6.72. The van der Waals surface area contributed by atoms with Crippen LogP contribution in [-0.4, -0.2) is 48.0 Å². The summed E-state index contributed by atoms with van der Waals surface area (Å²) in [7, 11) is -9.12. The number of quaternary nitrogens is 1. The summed E-state index contributed by atoms with van der Waals surface area (Å²) in [5.41, 5.74) is -12.4. The summed E-state index contributed by atoms with van der Waals surface area (Å²) in [6.45, 7) is 5.89. The molecule has 1 atom stereocenters. The van der Waals surface area contributed by atoms with Gasteiger partial charge in [0.15, 0.2) is 20.0 Å². The van der Waals surface area contributed by atoms with Crippen LogP contribution >= 0.6 is 0 Å². The maximum atomic E-state index is 11.4. The van der Waals surface area contributed by atoms with Gasteiger partial charge < -0.3 is 9.03 Å². The minimum Gasteiger partial charge on any atom is -0.421 e. The third-order valence-corrected chi connectivity index (χ3v) is 5.03. The Labute approximate surface area is 130 Å². The first-order valence-electron chi connectivity index (χ1n) is 5.66. The first-order chi connectivity index (χ1) is 9.89. The van der Waals surface area contributed by atoms with E-state index in [2.05, 4.69) is 27.6 Å². The Hall–Kier alpha value is -0.860. The number of sulfonamides is 2. The van der Waals surface area contributed by atoms with E-state index < -0.39 is 31.1 Å². The molecule has 0 aromatic heterocycles. The molecule has 140 valence electrons. The van der Waals surface area contributed by atoms with Crippen LogP contribution in [0.4, 0.5) is 26.3 Å². The second kappa shape index (κ2) is 8.30. The highest BCUT2D eigenvalue weighted by molar-refractivity contribution is 8.13. The second-order valence-corrected chi connectivity index (χ2v) is 7.84. The largest absolute Gasteiger partial charge is 0.480 e. The number of alkyl halides is 6. The summed E-state index contributed by atoms with van der Waals surface area (Å²) < 4.78 is 109. The lowest BCUT2D eigenvalue weighted by atomic mass is 10.2. The lowest BCUT2D eigenvalue weighted by molar-refractivity contribution is -0.883. The average Bonchev–Trinajstić information content (AvgIpc) is 2.25. The van der Waals surface area contributed by atoms with Gasteiger partial charge in [0.1, 0.15) is 0 Å². The fraction of sp³-hybridized carbons (Fsp3) is 0.778. The first kappa shape index (κ1) is 24.4. The Kier molecular flexibility index (Phi) is 8.80. The van der Waals surface area contributed by atoms with Crippen LogP contribution in [0.5, 0.6) is 0 Å². The van der Waals surface area contributed by atoms with Crippen LogP contribution in [0.3, 0.4) is 0 Å². The third-order valence-electron chi connectivity index (χ3n) is 2.29. The van der Waals surface area contributed by atoms with Gasteiger partial charge in [-0.2, -0.15) is 26.3 Å². The number of halogens is 6. The van der Waals surface area contributed by atoms with Gasteiger partial charge in [0.25, 0.3) is 0 Å². The summed E-state index contributed by atoms with van der Waals surface area (Å²) in [5, 5.41) is 0. The van der Waals surface area contributed by atoms with E-state index >= 15 is 0 Å². The summed E-state index contributed by atoms with van der Waals surface area (Å²) in [4.78, 5) is 1.49. The first-order valence-corrected chi connectivity index (χ1v) is 8.54. The molecule has 0 spiro atoms. The van der Waals surface area contributed by atoms with E-state index in [0.29, 0.717) is 6.04 Å². The van der Waals surface area contributed by atoms with E-state index in [0.717, 1.165) is 10.5 Å². The molecule has 0 fully saturated rings. The number of hydrogen-bond donors (Lipinski definition) is 1. The standard InChI is InChI=1S/C7H15N.C2F6NO4S2/c1-5-6-7(2)8(3)4;3-1(4,5)14(10,11)9-15(12,13)2(6,7)8/h5,7H,1,6H2,2-4H3;/q;-1/p+1. The molecular formula is C9H16F6N2O4S2. The predicted molar refractivity (Wildman–Crippen MR) is 70.4 cm³/mol. The molecule has 0 saturated heterocycles. The van der Waals surface area contributed by atoms with Gasteiger partial charge in [-0.25, -0.2) is 16.8 Å². The van der Waals surface area contributed by atoms with Crippen LogP contribution in [-0.2, 0) is 20.0 Å². The SMILES string of the molecule is C=CCC(C)[NH+](C)C.O=S(=O)([N-]S(=O)(=O)C(F)(F)F)C(F)(F)F. The van der Waals surface area contributed by atoms with E-state index in [-0.39, 0.29) is 0 Å². The van der Waals surface area contributed by atoms with Crippen molar-refractivity contribution in [3.63, 3.8) is 0 Å². The van der Waals surface area contributed by atoms with E-state index in [1.165, 1.54) is 4.90 Å². The monoisotopic (exact) mass is 394 g/mol. The van der Waals surface area contributed by atoms with Gasteiger partial charge in [0.2, 0.25) is 0 Å². The average molecular weight is 394 g/mol. The second-order valence-electron chi connectivity index (χ2n) is 4.42. The van der Waals surface area contributed by atoms with Gasteiger partial charge in [-0.05, 0) is 6.92 Å². The van der Waals surface area contributed by atoms with Crippen molar-refractivity contribution in [1.29, 1.82) is 0 Å². The number of nitrogens with one attached hydrogen (secondary N) is 1. The molecule has 0 aliphatic heterocycles. The molecule has 6 nitrogen and oxygen atoms in total. The predicted octanol–water partition coefficient (Wildman–Crippen LogP) is 1.15. The maximum absolute atomic E-state index is 11.4. The van der Waals surface area contributed by atoms with Crippen molar-refractivity contribution < 1.29 is 48.1 Å². The third kappa shape index (κ3) is 8.53. The quantitative estimate of drug-likeness (QED) is 0.560. The highest BCUT2D eigenvalue weighted by Crippen LogP contribution is 2.36. The Morgan fingerprint density at radius 2 is 1.30 bits per heavy atom. The van der Waals surface area contributed by atoms with Gasteiger partial charge in [-0.15, -0.1) is 6.58 Å². The zero-order chi connectivity index (χ0) is 19.3. The van der Waals surface area contributed by atoms with Gasteiger partial charge in [0, 0.05) is 6.42 Å². The van der Waals surface area contributed by atoms with Gasteiger partial charge >= 0.3 is 11.0 Å². The highest BCUT2D eigenvalue weighted by Gasteiger charge is 2.46. The van der Waals surface area contributed by atoms with Crippen LogP contribution in [0.25, 0.3) is 4.13 Å². The molecule has 0 aliphatic carbocycles. The van der Waals surface area contributed by atoms with Gasteiger partial charge in [-0.3, -0.25) is 0 Å². The molecular weight excluding hydrogens is 378 g/mol. The van der Waals surface area contributed by atoms with Crippen molar-refractivity contribution in [2.75, 3.05) is 14.1 Å². The van der Waals surface area contributed by atoms with Crippen molar-refractivity contribution in [3.8, 4) is 0 Å². The molecule has 14 heteroatoms. The van der Waals surface area contributed by atoms with Gasteiger partial charge in [-0.1, -0.05) is 6.08 Å². The van der Waals surface area contributed by atoms with Crippen molar-refractivity contribution in [3.05, 3.63) is 16.8 Å². The van der Waals surface area contributed by atoms with Crippen LogP contribution in [0, 0.1) is 0 Å². The van der Waals surface area contributed by atoms with Crippen LogP contribution in [0.1, 0.15) is 13.3 Å². The van der Waals surface area contributed by atoms with Crippen molar-refractivity contribution in [2.45, 2.75) is 30.4 Å². The molecule has 1 unspecified atom stereocenters. The summed E-state index contributed by atoms with van der Waals surface area (Å²) >= 11 is 0. The highest BCUT2D eigenvalue weighted by atomic mass is 32.3. The number of rotatable bonds is 5. The minimum absolute atomic E-state index is 0.715. The molecule has 0 heterocycles. The fourth-order valence-electron chi connectivity index (χ4n) is 0.699. The molecule has 0 radical (unpaired) electrons. The summed E-state index contributed by atoms with van der Waals surface area (Å²) in [6, 6.07) is 0.715. The maximum Gasteiger partial charge on any atom is 0.480 e. The Morgan fingerprint density at radius 3 is 1.43 bits per heavy atom. The topological polar surface area (TPSA) is 86.8 Å². The molecule has 0 aromatic rings. The zero-order valence-electron chi connectivity index (χ0n) is 12.2. The van der Waals surface area contributed by atoms with Crippen molar-refractivity contribution >= 4 is 20.0 Å². The van der Waals surface area contributed by atoms with Crippen LogP contribution in [0.15, 0.2) is 12.7 Å². The molecule has 0 saturated carbocycles.